The van der Waals surface area contributed by atoms with Crippen LogP contribution in [0.5, 0.6) is 11.6 Å². The van der Waals surface area contributed by atoms with Crippen LogP contribution in [-0.4, -0.2) is 18.7 Å². The molecule has 2 aromatic rings. The van der Waals surface area contributed by atoms with Gasteiger partial charge in [-0.2, -0.15) is 0 Å². The van der Waals surface area contributed by atoms with Crippen LogP contribution in [0.4, 0.5) is 5.69 Å². The van der Waals surface area contributed by atoms with Gasteiger partial charge in [-0.15, -0.1) is 0 Å². The summed E-state index contributed by atoms with van der Waals surface area (Å²) >= 11 is 3.48. The smallest absolute Gasteiger partial charge is 0.237 e. The minimum atomic E-state index is 0.597. The first-order valence-electron chi connectivity index (χ1n) is 6.38. The molecule has 1 aromatic carbocycles. The van der Waals surface area contributed by atoms with Crippen LogP contribution < -0.4 is 14.8 Å². The molecule has 0 radical (unpaired) electrons. The highest BCUT2D eigenvalue weighted by atomic mass is 79.9. The standard InChI is InChI=1S/C15H17BrN2O2/c1-3-20-15-13(5-4-8-17-15)18-10-11-6-7-14(19-2)12(16)9-11/h4-9,18H,3,10H2,1-2H3. The van der Waals surface area contributed by atoms with E-state index in [9.17, 15) is 0 Å². The zero-order chi connectivity index (χ0) is 14.4. The monoisotopic (exact) mass is 336 g/mol. The van der Waals surface area contributed by atoms with Gasteiger partial charge in [-0.1, -0.05) is 6.07 Å². The third-order valence-corrected chi connectivity index (χ3v) is 3.37. The number of aromatic nitrogens is 1. The fourth-order valence-corrected chi connectivity index (χ4v) is 2.38. The lowest BCUT2D eigenvalue weighted by molar-refractivity contribution is 0.328. The molecule has 1 N–H and O–H groups in total. The van der Waals surface area contributed by atoms with Gasteiger partial charge in [0.1, 0.15) is 5.75 Å². The van der Waals surface area contributed by atoms with Crippen LogP contribution in [0.3, 0.4) is 0 Å². The van der Waals surface area contributed by atoms with Crippen LogP contribution in [0.1, 0.15) is 12.5 Å². The van der Waals surface area contributed by atoms with Crippen LogP contribution in [0.15, 0.2) is 41.0 Å². The number of benzene rings is 1. The molecular weight excluding hydrogens is 320 g/mol. The minimum absolute atomic E-state index is 0.597. The largest absolute Gasteiger partial charge is 0.496 e. The van der Waals surface area contributed by atoms with E-state index in [0.29, 0.717) is 19.0 Å². The Labute approximate surface area is 127 Å². The number of nitrogens with one attached hydrogen (secondary N) is 1. The second-order valence-corrected chi connectivity index (χ2v) is 4.97. The molecule has 0 aliphatic carbocycles. The van der Waals surface area contributed by atoms with Gasteiger partial charge in [-0.05, 0) is 52.7 Å². The molecule has 0 saturated carbocycles. The van der Waals surface area contributed by atoms with Crippen molar-refractivity contribution >= 4 is 21.6 Å². The summed E-state index contributed by atoms with van der Waals surface area (Å²) in [5, 5.41) is 3.33. The zero-order valence-corrected chi connectivity index (χ0v) is 13.1. The summed E-state index contributed by atoms with van der Waals surface area (Å²) in [6.07, 6.45) is 1.72. The summed E-state index contributed by atoms with van der Waals surface area (Å²) in [4.78, 5) is 4.21. The fraction of sp³-hybridized carbons (Fsp3) is 0.267. The molecule has 0 spiro atoms. The van der Waals surface area contributed by atoms with E-state index in [2.05, 4.69) is 26.2 Å². The van der Waals surface area contributed by atoms with E-state index in [-0.39, 0.29) is 0 Å². The molecule has 0 atom stereocenters. The number of hydrogen-bond acceptors (Lipinski definition) is 4. The van der Waals surface area contributed by atoms with Crippen molar-refractivity contribution in [1.29, 1.82) is 0 Å². The molecule has 0 bridgehead atoms. The van der Waals surface area contributed by atoms with Gasteiger partial charge in [0.15, 0.2) is 0 Å². The summed E-state index contributed by atoms with van der Waals surface area (Å²) in [7, 11) is 1.65. The third kappa shape index (κ3) is 3.63. The van der Waals surface area contributed by atoms with Crippen molar-refractivity contribution in [3.63, 3.8) is 0 Å². The van der Waals surface area contributed by atoms with E-state index >= 15 is 0 Å². The van der Waals surface area contributed by atoms with Gasteiger partial charge >= 0.3 is 0 Å². The maximum absolute atomic E-state index is 5.48. The lowest BCUT2D eigenvalue weighted by atomic mass is 10.2. The lowest BCUT2D eigenvalue weighted by Crippen LogP contribution is -2.04. The first-order chi connectivity index (χ1) is 9.74. The number of methoxy groups -OCH3 is 1. The third-order valence-electron chi connectivity index (χ3n) is 2.75. The molecule has 0 aliphatic rings. The Hall–Kier alpha value is -1.75. The second kappa shape index (κ2) is 7.14. The maximum atomic E-state index is 5.48. The Kier molecular flexibility index (Phi) is 5.24. The number of halogens is 1. The van der Waals surface area contributed by atoms with E-state index < -0.39 is 0 Å². The normalized spacial score (nSPS) is 10.2. The van der Waals surface area contributed by atoms with E-state index in [1.165, 1.54) is 0 Å². The average molecular weight is 337 g/mol. The first kappa shape index (κ1) is 14.7. The highest BCUT2D eigenvalue weighted by molar-refractivity contribution is 9.10. The van der Waals surface area contributed by atoms with Crippen LogP contribution in [0, 0.1) is 0 Å². The Balaban J connectivity index is 2.07. The number of pyridine rings is 1. The lowest BCUT2D eigenvalue weighted by Gasteiger charge is -2.12. The average Bonchev–Trinajstić information content (AvgIpc) is 2.47. The van der Waals surface area contributed by atoms with Crippen molar-refractivity contribution in [3.8, 4) is 11.6 Å². The molecule has 1 aromatic heterocycles. The molecular formula is C15H17BrN2O2. The SMILES string of the molecule is CCOc1ncccc1NCc1ccc(OC)c(Br)c1. The Morgan fingerprint density at radius 3 is 2.85 bits per heavy atom. The van der Waals surface area contributed by atoms with Gasteiger partial charge in [0.2, 0.25) is 5.88 Å². The summed E-state index contributed by atoms with van der Waals surface area (Å²) in [5.41, 5.74) is 2.03. The molecule has 0 aliphatic heterocycles. The quantitative estimate of drug-likeness (QED) is 0.869. The molecule has 1 heterocycles. The summed E-state index contributed by atoms with van der Waals surface area (Å²) in [5.74, 6) is 1.45. The molecule has 2 rings (SSSR count). The van der Waals surface area contributed by atoms with Crippen molar-refractivity contribution in [1.82, 2.24) is 4.98 Å². The van der Waals surface area contributed by atoms with Gasteiger partial charge in [0, 0.05) is 12.7 Å². The molecule has 0 unspecified atom stereocenters. The zero-order valence-electron chi connectivity index (χ0n) is 11.5. The molecule has 4 nitrogen and oxygen atoms in total. The van der Waals surface area contributed by atoms with Gasteiger partial charge in [-0.3, -0.25) is 0 Å². The van der Waals surface area contributed by atoms with Crippen LogP contribution in [0.2, 0.25) is 0 Å². The number of hydrogen-bond donors (Lipinski definition) is 1. The molecule has 0 saturated heterocycles. The van der Waals surface area contributed by atoms with E-state index in [1.54, 1.807) is 13.3 Å². The number of ether oxygens (including phenoxy) is 2. The van der Waals surface area contributed by atoms with E-state index in [0.717, 1.165) is 21.5 Å². The second-order valence-electron chi connectivity index (χ2n) is 4.11. The molecule has 5 heteroatoms. The van der Waals surface area contributed by atoms with Crippen molar-refractivity contribution in [2.75, 3.05) is 19.0 Å². The Morgan fingerprint density at radius 2 is 2.15 bits per heavy atom. The van der Waals surface area contributed by atoms with Crippen molar-refractivity contribution in [2.45, 2.75) is 13.5 Å². The number of anilines is 1. The molecule has 0 fully saturated rings. The van der Waals surface area contributed by atoms with Gasteiger partial charge in [0.25, 0.3) is 0 Å². The number of rotatable bonds is 6. The topological polar surface area (TPSA) is 43.4 Å². The maximum Gasteiger partial charge on any atom is 0.237 e. The first-order valence-corrected chi connectivity index (χ1v) is 7.18. The van der Waals surface area contributed by atoms with Gasteiger partial charge in [-0.25, -0.2) is 4.98 Å². The van der Waals surface area contributed by atoms with Crippen LogP contribution >= 0.6 is 15.9 Å². The fourth-order valence-electron chi connectivity index (χ4n) is 1.79. The van der Waals surface area contributed by atoms with Crippen molar-refractivity contribution in [2.24, 2.45) is 0 Å². The van der Waals surface area contributed by atoms with E-state index in [4.69, 9.17) is 9.47 Å². The highest BCUT2D eigenvalue weighted by Crippen LogP contribution is 2.26. The van der Waals surface area contributed by atoms with Crippen LogP contribution in [-0.2, 0) is 6.54 Å². The minimum Gasteiger partial charge on any atom is -0.496 e. The Bertz CT molecular complexity index is 576. The molecule has 106 valence electrons. The summed E-state index contributed by atoms with van der Waals surface area (Å²) in [6.45, 7) is 3.23. The summed E-state index contributed by atoms with van der Waals surface area (Å²) in [6, 6.07) is 9.83. The number of nitrogens with zero attached hydrogens (tertiary/aromatic N) is 1. The van der Waals surface area contributed by atoms with Crippen molar-refractivity contribution in [3.05, 3.63) is 46.6 Å². The molecule has 0 amide bonds. The highest BCUT2D eigenvalue weighted by Gasteiger charge is 2.05. The predicted octanol–water partition coefficient (Wildman–Crippen LogP) is 3.86. The van der Waals surface area contributed by atoms with E-state index in [1.807, 2.05) is 37.3 Å². The van der Waals surface area contributed by atoms with Crippen LogP contribution in [0.25, 0.3) is 0 Å². The van der Waals surface area contributed by atoms with Gasteiger partial charge < -0.3 is 14.8 Å². The summed E-state index contributed by atoms with van der Waals surface area (Å²) < 4.78 is 11.6. The van der Waals surface area contributed by atoms with Crippen molar-refractivity contribution < 1.29 is 9.47 Å². The predicted molar refractivity (Wildman–Crippen MR) is 83.4 cm³/mol. The molecule has 20 heavy (non-hydrogen) atoms. The Morgan fingerprint density at radius 1 is 1.30 bits per heavy atom. The van der Waals surface area contributed by atoms with Gasteiger partial charge in [0.05, 0.1) is 23.9 Å².